The lowest BCUT2D eigenvalue weighted by Crippen LogP contribution is -2.03. The van der Waals surface area contributed by atoms with Gasteiger partial charge in [-0.3, -0.25) is 0 Å². The van der Waals surface area contributed by atoms with E-state index in [1.165, 1.54) is 0 Å². The van der Waals surface area contributed by atoms with Crippen LogP contribution in [0, 0.1) is 0 Å². The Bertz CT molecular complexity index is 319. The maximum atomic E-state index is 5.75. The second kappa shape index (κ2) is 5.87. The Kier molecular flexibility index (Phi) is 4.19. The van der Waals surface area contributed by atoms with E-state index in [2.05, 4.69) is 6.92 Å². The van der Waals surface area contributed by atoms with Crippen LogP contribution in [0.25, 0.3) is 0 Å². The van der Waals surface area contributed by atoms with E-state index in [-0.39, 0.29) is 6.10 Å². The number of rotatable bonds is 5. The van der Waals surface area contributed by atoms with Crippen molar-refractivity contribution >= 4 is 0 Å². The van der Waals surface area contributed by atoms with Crippen LogP contribution in [-0.4, -0.2) is 13.2 Å². The molecule has 0 radical (unpaired) electrons. The van der Waals surface area contributed by atoms with Crippen LogP contribution in [-0.2, 0) is 9.78 Å². The summed E-state index contributed by atoms with van der Waals surface area (Å²) in [6, 6.07) is 8.03. The minimum Gasteiger partial charge on any atom is -0.493 e. The molecule has 0 aromatic heterocycles. The van der Waals surface area contributed by atoms with Crippen LogP contribution in [0.4, 0.5) is 0 Å². The first-order chi connectivity index (χ1) is 7.92. The number of benzene rings is 1. The number of para-hydroxylation sites is 1. The van der Waals surface area contributed by atoms with E-state index in [9.17, 15) is 0 Å². The molecule has 1 unspecified atom stereocenters. The Morgan fingerprint density at radius 2 is 2.25 bits per heavy atom. The summed E-state index contributed by atoms with van der Waals surface area (Å²) < 4.78 is 5.75. The summed E-state index contributed by atoms with van der Waals surface area (Å²) >= 11 is 0. The Hall–Kier alpha value is -1.06. The first kappa shape index (κ1) is 11.4. The van der Waals surface area contributed by atoms with Crippen molar-refractivity contribution in [1.82, 2.24) is 0 Å². The molecule has 1 atom stereocenters. The molecule has 1 heterocycles. The second-order valence-corrected chi connectivity index (χ2v) is 3.94. The number of unbranched alkanes of at least 4 members (excludes halogenated alkanes) is 1. The van der Waals surface area contributed by atoms with Gasteiger partial charge in [-0.2, -0.15) is 0 Å². The quantitative estimate of drug-likeness (QED) is 0.565. The molecule has 88 valence electrons. The maximum absolute atomic E-state index is 5.75. The van der Waals surface area contributed by atoms with Crippen molar-refractivity contribution in [3.63, 3.8) is 0 Å². The molecule has 3 nitrogen and oxygen atoms in total. The second-order valence-electron chi connectivity index (χ2n) is 3.94. The van der Waals surface area contributed by atoms with Gasteiger partial charge in [0.05, 0.1) is 13.2 Å². The molecule has 0 saturated carbocycles. The fourth-order valence-electron chi connectivity index (χ4n) is 1.75. The van der Waals surface area contributed by atoms with Gasteiger partial charge in [0.2, 0.25) is 0 Å². The highest BCUT2D eigenvalue weighted by atomic mass is 17.2. The molecular weight excluding hydrogens is 204 g/mol. The Balaban J connectivity index is 2.04. The monoisotopic (exact) mass is 222 g/mol. The van der Waals surface area contributed by atoms with Gasteiger partial charge in [0.25, 0.3) is 0 Å². The van der Waals surface area contributed by atoms with Crippen LogP contribution in [0.2, 0.25) is 0 Å². The van der Waals surface area contributed by atoms with Crippen LogP contribution in [0.3, 0.4) is 0 Å². The number of ether oxygens (including phenoxy) is 1. The highest BCUT2D eigenvalue weighted by Gasteiger charge is 2.22. The van der Waals surface area contributed by atoms with Gasteiger partial charge in [-0.25, -0.2) is 9.78 Å². The van der Waals surface area contributed by atoms with Crippen LogP contribution >= 0.6 is 0 Å². The highest BCUT2D eigenvalue weighted by molar-refractivity contribution is 5.35. The Labute approximate surface area is 96.3 Å². The van der Waals surface area contributed by atoms with Crippen LogP contribution in [0.15, 0.2) is 24.3 Å². The van der Waals surface area contributed by atoms with Crippen molar-refractivity contribution in [2.24, 2.45) is 0 Å². The first-order valence-corrected chi connectivity index (χ1v) is 5.92. The predicted molar refractivity (Wildman–Crippen MR) is 61.2 cm³/mol. The molecule has 0 amide bonds. The predicted octanol–water partition coefficient (Wildman–Crippen LogP) is 3.26. The molecular formula is C13H18O3. The third-order valence-corrected chi connectivity index (χ3v) is 2.67. The van der Waals surface area contributed by atoms with Gasteiger partial charge in [0.1, 0.15) is 11.9 Å². The SMILES string of the molecule is CCCCOc1ccccc1C1CCOO1. The Morgan fingerprint density at radius 3 is 3.00 bits per heavy atom. The molecule has 1 fully saturated rings. The fraction of sp³-hybridized carbons (Fsp3) is 0.538. The van der Waals surface area contributed by atoms with Gasteiger partial charge in [0, 0.05) is 12.0 Å². The van der Waals surface area contributed by atoms with Gasteiger partial charge in [-0.05, 0) is 12.5 Å². The van der Waals surface area contributed by atoms with E-state index in [4.69, 9.17) is 14.5 Å². The van der Waals surface area contributed by atoms with Gasteiger partial charge in [-0.15, -0.1) is 0 Å². The van der Waals surface area contributed by atoms with Crippen molar-refractivity contribution in [2.75, 3.05) is 13.2 Å². The molecule has 0 spiro atoms. The minimum absolute atomic E-state index is 0.0258. The molecule has 1 aromatic carbocycles. The molecule has 2 rings (SSSR count). The summed E-state index contributed by atoms with van der Waals surface area (Å²) in [5, 5.41) is 0. The van der Waals surface area contributed by atoms with Crippen molar-refractivity contribution < 1.29 is 14.5 Å². The highest BCUT2D eigenvalue weighted by Crippen LogP contribution is 2.33. The first-order valence-electron chi connectivity index (χ1n) is 5.92. The molecule has 3 heteroatoms. The average Bonchev–Trinajstić information content (AvgIpc) is 2.83. The summed E-state index contributed by atoms with van der Waals surface area (Å²) in [6.45, 7) is 3.58. The molecule has 1 aromatic rings. The van der Waals surface area contributed by atoms with Gasteiger partial charge >= 0.3 is 0 Å². The summed E-state index contributed by atoms with van der Waals surface area (Å²) in [5.41, 5.74) is 1.09. The van der Waals surface area contributed by atoms with Crippen molar-refractivity contribution in [2.45, 2.75) is 32.3 Å². The molecule has 1 saturated heterocycles. The van der Waals surface area contributed by atoms with Crippen molar-refractivity contribution in [1.29, 1.82) is 0 Å². The zero-order valence-electron chi connectivity index (χ0n) is 9.65. The van der Waals surface area contributed by atoms with Gasteiger partial charge in [-0.1, -0.05) is 31.5 Å². The average molecular weight is 222 g/mol. The van der Waals surface area contributed by atoms with Gasteiger partial charge in [0.15, 0.2) is 0 Å². The lowest BCUT2D eigenvalue weighted by Gasteiger charge is -2.14. The molecule has 1 aliphatic rings. The largest absolute Gasteiger partial charge is 0.493 e. The maximum Gasteiger partial charge on any atom is 0.125 e. The third-order valence-electron chi connectivity index (χ3n) is 2.67. The standard InChI is InChI=1S/C13H18O3/c1-2-3-9-14-12-7-5-4-6-11(12)13-8-10-15-16-13/h4-7,13H,2-3,8-10H2,1H3. The lowest BCUT2D eigenvalue weighted by molar-refractivity contribution is -0.276. The van der Waals surface area contributed by atoms with Crippen LogP contribution in [0.1, 0.15) is 37.9 Å². The minimum atomic E-state index is 0.0258. The van der Waals surface area contributed by atoms with Crippen LogP contribution < -0.4 is 4.74 Å². The molecule has 0 N–H and O–H groups in total. The van der Waals surface area contributed by atoms with Gasteiger partial charge < -0.3 is 4.74 Å². The zero-order chi connectivity index (χ0) is 11.2. The Morgan fingerprint density at radius 1 is 1.38 bits per heavy atom. The van der Waals surface area contributed by atoms with E-state index >= 15 is 0 Å². The summed E-state index contributed by atoms with van der Waals surface area (Å²) in [4.78, 5) is 10.1. The fourth-order valence-corrected chi connectivity index (χ4v) is 1.75. The molecule has 0 bridgehead atoms. The summed E-state index contributed by atoms with van der Waals surface area (Å²) in [5.74, 6) is 0.923. The smallest absolute Gasteiger partial charge is 0.125 e. The van der Waals surface area contributed by atoms with Crippen LogP contribution in [0.5, 0.6) is 5.75 Å². The molecule has 1 aliphatic heterocycles. The summed E-state index contributed by atoms with van der Waals surface area (Å²) in [7, 11) is 0. The lowest BCUT2D eigenvalue weighted by atomic mass is 10.1. The van der Waals surface area contributed by atoms with E-state index < -0.39 is 0 Å². The third kappa shape index (κ3) is 2.74. The summed E-state index contributed by atoms with van der Waals surface area (Å²) in [6.07, 6.45) is 3.15. The van der Waals surface area contributed by atoms with E-state index in [1.54, 1.807) is 0 Å². The van der Waals surface area contributed by atoms with E-state index in [0.29, 0.717) is 6.61 Å². The van der Waals surface area contributed by atoms with E-state index in [0.717, 1.165) is 37.2 Å². The topological polar surface area (TPSA) is 27.7 Å². The van der Waals surface area contributed by atoms with Crippen molar-refractivity contribution in [3.8, 4) is 5.75 Å². The molecule has 16 heavy (non-hydrogen) atoms. The molecule has 0 aliphatic carbocycles. The van der Waals surface area contributed by atoms with E-state index in [1.807, 2.05) is 24.3 Å². The number of hydrogen-bond donors (Lipinski definition) is 0. The normalized spacial score (nSPS) is 19.9. The number of hydrogen-bond acceptors (Lipinski definition) is 3. The van der Waals surface area contributed by atoms with Crippen molar-refractivity contribution in [3.05, 3.63) is 29.8 Å². The zero-order valence-corrected chi connectivity index (χ0v) is 9.65.